The van der Waals surface area contributed by atoms with Crippen LogP contribution < -0.4 is 4.74 Å². The van der Waals surface area contributed by atoms with Gasteiger partial charge in [0.25, 0.3) is 0 Å². The van der Waals surface area contributed by atoms with Gasteiger partial charge in [-0.3, -0.25) is 0 Å². The second-order valence-electron chi connectivity index (χ2n) is 3.45. The Hall–Kier alpha value is -2.96. The second kappa shape index (κ2) is 5.13. The highest BCUT2D eigenvalue weighted by molar-refractivity contribution is 6.02. The van der Waals surface area contributed by atoms with E-state index in [9.17, 15) is 9.59 Å². The summed E-state index contributed by atoms with van der Waals surface area (Å²) >= 11 is 0. The predicted molar refractivity (Wildman–Crippen MR) is 62.5 cm³/mol. The molecule has 0 bridgehead atoms. The van der Waals surface area contributed by atoms with E-state index in [-0.39, 0.29) is 22.9 Å². The smallest absolute Gasteiger partial charge is 0.336 e. The van der Waals surface area contributed by atoms with E-state index >= 15 is 0 Å². The first-order valence-electron chi connectivity index (χ1n) is 5.13. The molecule has 96 valence electrons. The highest BCUT2D eigenvalue weighted by Crippen LogP contribution is 2.21. The first-order chi connectivity index (χ1) is 9.08. The molecule has 2 N–H and O–H groups in total. The summed E-state index contributed by atoms with van der Waals surface area (Å²) in [7, 11) is 0. The molecule has 0 atom stereocenters. The molecule has 1 heterocycles. The number of aromatic nitrogens is 2. The molecule has 1 aromatic carbocycles. The molecule has 0 amide bonds. The minimum absolute atomic E-state index is 0.0434. The van der Waals surface area contributed by atoms with Gasteiger partial charge in [0.1, 0.15) is 5.75 Å². The molecule has 7 heteroatoms. The molecule has 7 nitrogen and oxygen atoms in total. The van der Waals surface area contributed by atoms with Gasteiger partial charge >= 0.3 is 17.9 Å². The van der Waals surface area contributed by atoms with Gasteiger partial charge in [-0.05, 0) is 24.3 Å². The van der Waals surface area contributed by atoms with Crippen LogP contribution in [0.15, 0.2) is 36.7 Å². The molecular weight excluding hydrogens is 252 g/mol. The lowest BCUT2D eigenvalue weighted by Crippen LogP contribution is -2.08. The topological polar surface area (TPSA) is 110 Å². The fourth-order valence-corrected chi connectivity index (χ4v) is 1.39. The summed E-state index contributed by atoms with van der Waals surface area (Å²) in [6.45, 7) is 0. The Labute approximate surface area is 107 Å². The van der Waals surface area contributed by atoms with Gasteiger partial charge in [0.05, 0.1) is 11.1 Å². The quantitative estimate of drug-likeness (QED) is 0.860. The predicted octanol–water partition coefficient (Wildman–Crippen LogP) is 1.67. The summed E-state index contributed by atoms with van der Waals surface area (Å²) < 4.78 is 5.23. The van der Waals surface area contributed by atoms with Crippen molar-refractivity contribution in [3.8, 4) is 11.8 Å². The SMILES string of the molecule is O=C(O)c1ccc(Oc2ncccn2)cc1C(=O)O. The van der Waals surface area contributed by atoms with Crippen LogP contribution in [0.2, 0.25) is 0 Å². The van der Waals surface area contributed by atoms with Crippen molar-refractivity contribution >= 4 is 11.9 Å². The normalized spacial score (nSPS) is 9.89. The second-order valence-corrected chi connectivity index (χ2v) is 3.45. The Balaban J connectivity index is 2.36. The number of carbonyl (C=O) groups is 2. The fourth-order valence-electron chi connectivity index (χ4n) is 1.39. The zero-order valence-corrected chi connectivity index (χ0v) is 9.48. The molecule has 1 aromatic heterocycles. The van der Waals surface area contributed by atoms with Crippen LogP contribution in [0.5, 0.6) is 11.8 Å². The fraction of sp³-hybridized carbons (Fsp3) is 0. The van der Waals surface area contributed by atoms with Crippen LogP contribution in [0.4, 0.5) is 0 Å². The highest BCUT2D eigenvalue weighted by Gasteiger charge is 2.17. The number of aromatic carboxylic acids is 2. The average Bonchev–Trinajstić information content (AvgIpc) is 2.39. The van der Waals surface area contributed by atoms with E-state index < -0.39 is 11.9 Å². The summed E-state index contributed by atoms with van der Waals surface area (Å²) in [5.41, 5.74) is -0.672. The van der Waals surface area contributed by atoms with E-state index in [1.807, 2.05) is 0 Å². The molecular formula is C12H8N2O5. The van der Waals surface area contributed by atoms with Crippen LogP contribution in [0, 0.1) is 0 Å². The Morgan fingerprint density at radius 2 is 1.63 bits per heavy atom. The Morgan fingerprint density at radius 3 is 2.21 bits per heavy atom. The van der Waals surface area contributed by atoms with Crippen LogP contribution in [0.25, 0.3) is 0 Å². The number of rotatable bonds is 4. The number of hydrogen-bond acceptors (Lipinski definition) is 5. The van der Waals surface area contributed by atoms with Crippen LogP contribution in [0.1, 0.15) is 20.7 Å². The maximum absolute atomic E-state index is 11.0. The monoisotopic (exact) mass is 260 g/mol. The summed E-state index contributed by atoms with van der Waals surface area (Å²) in [6.07, 6.45) is 2.93. The van der Waals surface area contributed by atoms with Gasteiger partial charge in [-0.1, -0.05) is 0 Å². The van der Waals surface area contributed by atoms with Crippen molar-refractivity contribution in [2.75, 3.05) is 0 Å². The van der Waals surface area contributed by atoms with E-state index in [1.165, 1.54) is 18.5 Å². The first kappa shape index (κ1) is 12.5. The Bertz CT molecular complexity index is 627. The third-order valence-electron chi connectivity index (χ3n) is 2.20. The standard InChI is InChI=1S/C12H8N2O5/c15-10(16)8-3-2-7(6-9(8)11(17)18)19-12-13-4-1-5-14-12/h1-6H,(H,15,16)(H,17,18). The molecule has 0 unspecified atom stereocenters. The van der Waals surface area contributed by atoms with Gasteiger partial charge in [0, 0.05) is 12.4 Å². The molecule has 2 aromatic rings. The van der Waals surface area contributed by atoms with Crippen molar-refractivity contribution in [3.63, 3.8) is 0 Å². The Kier molecular flexibility index (Phi) is 3.37. The van der Waals surface area contributed by atoms with Crippen LogP contribution >= 0.6 is 0 Å². The lowest BCUT2D eigenvalue weighted by atomic mass is 10.1. The lowest BCUT2D eigenvalue weighted by Gasteiger charge is -2.06. The third-order valence-corrected chi connectivity index (χ3v) is 2.20. The molecule has 0 radical (unpaired) electrons. The van der Waals surface area contributed by atoms with Crippen molar-refractivity contribution in [1.29, 1.82) is 0 Å². The first-order valence-corrected chi connectivity index (χ1v) is 5.13. The maximum atomic E-state index is 11.0. The summed E-state index contributed by atoms with van der Waals surface area (Å²) in [4.78, 5) is 29.5. The molecule has 0 fully saturated rings. The van der Waals surface area contributed by atoms with Crippen LogP contribution in [-0.2, 0) is 0 Å². The number of nitrogens with zero attached hydrogens (tertiary/aromatic N) is 2. The van der Waals surface area contributed by atoms with Gasteiger partial charge in [0.15, 0.2) is 0 Å². The molecule has 0 aliphatic heterocycles. The van der Waals surface area contributed by atoms with E-state index in [1.54, 1.807) is 6.07 Å². The number of carboxylic acids is 2. The molecule has 0 saturated carbocycles. The van der Waals surface area contributed by atoms with Crippen molar-refractivity contribution in [2.24, 2.45) is 0 Å². The van der Waals surface area contributed by atoms with E-state index in [2.05, 4.69) is 9.97 Å². The van der Waals surface area contributed by atoms with Gasteiger partial charge < -0.3 is 14.9 Å². The minimum Gasteiger partial charge on any atom is -0.478 e. The molecule has 0 spiro atoms. The molecule has 19 heavy (non-hydrogen) atoms. The number of carboxylic acid groups (broad SMARTS) is 2. The average molecular weight is 260 g/mol. The largest absolute Gasteiger partial charge is 0.478 e. The summed E-state index contributed by atoms with van der Waals surface area (Å²) in [5.74, 6) is -2.52. The zero-order chi connectivity index (χ0) is 13.8. The summed E-state index contributed by atoms with van der Waals surface area (Å²) in [5, 5.41) is 17.8. The molecule has 2 rings (SSSR count). The van der Waals surface area contributed by atoms with Crippen molar-refractivity contribution < 1.29 is 24.5 Å². The van der Waals surface area contributed by atoms with Gasteiger partial charge in [-0.2, -0.15) is 0 Å². The van der Waals surface area contributed by atoms with E-state index in [0.29, 0.717) is 0 Å². The van der Waals surface area contributed by atoms with E-state index in [0.717, 1.165) is 12.1 Å². The van der Waals surface area contributed by atoms with E-state index in [4.69, 9.17) is 14.9 Å². The third kappa shape index (κ3) is 2.83. The van der Waals surface area contributed by atoms with Crippen LogP contribution in [-0.4, -0.2) is 32.1 Å². The molecule has 0 aliphatic rings. The van der Waals surface area contributed by atoms with Crippen LogP contribution in [0.3, 0.4) is 0 Å². The number of benzene rings is 1. The van der Waals surface area contributed by atoms with Gasteiger partial charge in [-0.15, -0.1) is 0 Å². The van der Waals surface area contributed by atoms with Crippen molar-refractivity contribution in [1.82, 2.24) is 9.97 Å². The summed E-state index contributed by atoms with van der Waals surface area (Å²) in [6, 6.07) is 5.25. The molecule has 0 aliphatic carbocycles. The van der Waals surface area contributed by atoms with Gasteiger partial charge in [0.2, 0.25) is 0 Å². The van der Waals surface area contributed by atoms with Crippen molar-refractivity contribution in [3.05, 3.63) is 47.8 Å². The maximum Gasteiger partial charge on any atom is 0.336 e. The molecule has 0 saturated heterocycles. The zero-order valence-electron chi connectivity index (χ0n) is 9.48. The van der Waals surface area contributed by atoms with Gasteiger partial charge in [-0.25, -0.2) is 19.6 Å². The Morgan fingerprint density at radius 1 is 1.00 bits per heavy atom. The highest BCUT2D eigenvalue weighted by atomic mass is 16.5. The number of hydrogen-bond donors (Lipinski definition) is 2. The number of ether oxygens (including phenoxy) is 1. The minimum atomic E-state index is -1.35. The lowest BCUT2D eigenvalue weighted by molar-refractivity contribution is 0.0651. The van der Waals surface area contributed by atoms with Crippen molar-refractivity contribution in [2.45, 2.75) is 0 Å².